The average molecular weight is 440 g/mol. The number of hydrogen-bond acceptors (Lipinski definition) is 3. The Morgan fingerprint density at radius 1 is 1.25 bits per heavy atom. The Hall–Kier alpha value is -1.12. The van der Waals surface area contributed by atoms with Gasteiger partial charge in [0, 0.05) is 26.3 Å². The van der Waals surface area contributed by atoms with Crippen LogP contribution < -0.4 is 0 Å². The molecule has 28 heavy (non-hydrogen) atoms. The number of benzene rings is 1. The summed E-state index contributed by atoms with van der Waals surface area (Å²) in [5.41, 5.74) is 0.623. The van der Waals surface area contributed by atoms with Crippen molar-refractivity contribution in [3.05, 3.63) is 34.9 Å². The van der Waals surface area contributed by atoms with E-state index < -0.39 is 52.2 Å². The van der Waals surface area contributed by atoms with Crippen molar-refractivity contribution in [2.45, 2.75) is 63.2 Å². The third-order valence-electron chi connectivity index (χ3n) is 4.58. The molecule has 1 aromatic rings. The average Bonchev–Trinajstić information content (AvgIpc) is 2.55. The summed E-state index contributed by atoms with van der Waals surface area (Å²) in [6, 6.07) is 4.61. The zero-order valence-corrected chi connectivity index (χ0v) is 17.8. The number of morpholine rings is 1. The van der Waals surface area contributed by atoms with E-state index in [0.717, 1.165) is 0 Å². The SMILES string of the molecule is CC1OCC(c2ccc(Cl)cc2)N(C(CS(=O)C(C)(C)C)CC(F)(F)F)C1=O. The second-order valence-corrected chi connectivity index (χ2v) is 10.6. The molecule has 4 unspecified atom stereocenters. The normalized spacial score (nSPS) is 23.6. The molecule has 0 aromatic heterocycles. The van der Waals surface area contributed by atoms with Gasteiger partial charge in [0.15, 0.2) is 0 Å². The van der Waals surface area contributed by atoms with E-state index in [4.69, 9.17) is 16.3 Å². The Morgan fingerprint density at radius 3 is 2.32 bits per heavy atom. The van der Waals surface area contributed by atoms with Gasteiger partial charge in [-0.05, 0) is 45.4 Å². The lowest BCUT2D eigenvalue weighted by Gasteiger charge is -2.44. The van der Waals surface area contributed by atoms with Gasteiger partial charge in [-0.1, -0.05) is 23.7 Å². The van der Waals surface area contributed by atoms with Crippen LogP contribution in [-0.4, -0.2) is 50.4 Å². The summed E-state index contributed by atoms with van der Waals surface area (Å²) in [7, 11) is -1.56. The second kappa shape index (κ2) is 8.71. The molecule has 0 bridgehead atoms. The molecule has 0 N–H and O–H groups in total. The van der Waals surface area contributed by atoms with Gasteiger partial charge in [-0.3, -0.25) is 9.00 Å². The van der Waals surface area contributed by atoms with Crippen molar-refractivity contribution < 1.29 is 26.9 Å². The van der Waals surface area contributed by atoms with Crippen molar-refractivity contribution in [2.24, 2.45) is 0 Å². The molecule has 1 aliphatic heterocycles. The van der Waals surface area contributed by atoms with Gasteiger partial charge in [-0.2, -0.15) is 13.2 Å². The first-order valence-electron chi connectivity index (χ1n) is 8.94. The van der Waals surface area contributed by atoms with Gasteiger partial charge in [0.2, 0.25) is 0 Å². The quantitative estimate of drug-likeness (QED) is 0.678. The Morgan fingerprint density at radius 2 is 1.82 bits per heavy atom. The van der Waals surface area contributed by atoms with Crippen LogP contribution in [0, 0.1) is 0 Å². The highest BCUT2D eigenvalue weighted by molar-refractivity contribution is 7.86. The van der Waals surface area contributed by atoms with E-state index in [1.807, 2.05) is 0 Å². The summed E-state index contributed by atoms with van der Waals surface area (Å²) >= 11 is 5.91. The molecule has 1 heterocycles. The summed E-state index contributed by atoms with van der Waals surface area (Å²) < 4.78 is 57.4. The number of halogens is 4. The highest BCUT2D eigenvalue weighted by atomic mass is 35.5. The van der Waals surface area contributed by atoms with Crippen molar-refractivity contribution >= 4 is 28.3 Å². The number of hydrogen-bond donors (Lipinski definition) is 0. The Kier molecular flexibility index (Phi) is 7.21. The van der Waals surface area contributed by atoms with Gasteiger partial charge in [0.25, 0.3) is 5.91 Å². The lowest BCUT2D eigenvalue weighted by Crippen LogP contribution is -2.56. The molecule has 1 amide bonds. The van der Waals surface area contributed by atoms with Gasteiger partial charge < -0.3 is 9.64 Å². The van der Waals surface area contributed by atoms with E-state index in [2.05, 4.69) is 0 Å². The van der Waals surface area contributed by atoms with E-state index in [1.165, 1.54) is 11.8 Å². The monoisotopic (exact) mass is 439 g/mol. The highest BCUT2D eigenvalue weighted by Crippen LogP contribution is 2.35. The van der Waals surface area contributed by atoms with Crippen LogP contribution in [0.4, 0.5) is 13.2 Å². The molecule has 158 valence electrons. The van der Waals surface area contributed by atoms with Crippen LogP contribution in [0.3, 0.4) is 0 Å². The van der Waals surface area contributed by atoms with Crippen LogP contribution in [0.2, 0.25) is 5.02 Å². The van der Waals surface area contributed by atoms with Crippen molar-refractivity contribution in [1.82, 2.24) is 4.90 Å². The van der Waals surface area contributed by atoms with Crippen LogP contribution in [0.25, 0.3) is 0 Å². The first kappa shape index (κ1) is 23.2. The number of amides is 1. The first-order valence-corrected chi connectivity index (χ1v) is 10.6. The third kappa shape index (κ3) is 5.94. The van der Waals surface area contributed by atoms with Crippen LogP contribution in [-0.2, 0) is 20.3 Å². The molecular formula is C19H25ClF3NO3S. The van der Waals surface area contributed by atoms with Crippen LogP contribution in [0.15, 0.2) is 24.3 Å². The molecule has 1 aromatic carbocycles. The minimum atomic E-state index is -4.50. The minimum Gasteiger partial charge on any atom is -0.366 e. The van der Waals surface area contributed by atoms with Gasteiger partial charge in [0.1, 0.15) is 6.10 Å². The fraction of sp³-hybridized carbons (Fsp3) is 0.632. The Bertz CT molecular complexity index is 719. The summed E-state index contributed by atoms with van der Waals surface area (Å²) in [4.78, 5) is 14.1. The van der Waals surface area contributed by atoms with Crippen LogP contribution >= 0.6 is 11.6 Å². The molecule has 4 atom stereocenters. The maximum atomic E-state index is 13.3. The molecule has 0 radical (unpaired) electrons. The molecule has 0 spiro atoms. The fourth-order valence-electron chi connectivity index (χ4n) is 3.06. The van der Waals surface area contributed by atoms with Gasteiger partial charge in [-0.15, -0.1) is 0 Å². The lowest BCUT2D eigenvalue weighted by atomic mass is 10.00. The predicted molar refractivity (Wildman–Crippen MR) is 104 cm³/mol. The number of nitrogens with zero attached hydrogens (tertiary/aromatic N) is 1. The molecule has 4 nitrogen and oxygen atoms in total. The van der Waals surface area contributed by atoms with Gasteiger partial charge in [0.05, 0.1) is 25.1 Å². The molecule has 0 saturated carbocycles. The van der Waals surface area contributed by atoms with Gasteiger partial charge in [-0.25, -0.2) is 0 Å². The molecule has 9 heteroatoms. The summed E-state index contributed by atoms with van der Waals surface area (Å²) in [5, 5.41) is 0.479. The molecule has 1 saturated heterocycles. The van der Waals surface area contributed by atoms with Crippen molar-refractivity contribution in [3.8, 4) is 0 Å². The smallest absolute Gasteiger partial charge is 0.366 e. The first-order chi connectivity index (χ1) is 12.8. The van der Waals surface area contributed by atoms with E-state index >= 15 is 0 Å². The third-order valence-corrected chi connectivity index (χ3v) is 6.89. The number of carbonyl (C=O) groups excluding carboxylic acids is 1. The molecular weight excluding hydrogens is 415 g/mol. The highest BCUT2D eigenvalue weighted by Gasteiger charge is 2.44. The Labute approximate surface area is 170 Å². The maximum absolute atomic E-state index is 13.3. The largest absolute Gasteiger partial charge is 0.391 e. The Balaban J connectivity index is 2.44. The summed E-state index contributed by atoms with van der Waals surface area (Å²) in [5.74, 6) is -0.794. The predicted octanol–water partition coefficient (Wildman–Crippen LogP) is 4.50. The van der Waals surface area contributed by atoms with Crippen molar-refractivity contribution in [3.63, 3.8) is 0 Å². The van der Waals surface area contributed by atoms with Gasteiger partial charge >= 0.3 is 6.18 Å². The van der Waals surface area contributed by atoms with Crippen molar-refractivity contribution in [1.29, 1.82) is 0 Å². The summed E-state index contributed by atoms with van der Waals surface area (Å²) in [6.45, 7) is 6.68. The molecule has 2 rings (SSSR count). The van der Waals surface area contributed by atoms with Crippen LogP contribution in [0.5, 0.6) is 0 Å². The molecule has 0 aliphatic carbocycles. The number of ether oxygens (including phenoxy) is 1. The van der Waals surface area contributed by atoms with E-state index in [9.17, 15) is 22.2 Å². The maximum Gasteiger partial charge on any atom is 0.391 e. The fourth-order valence-corrected chi connectivity index (χ4v) is 4.31. The van der Waals surface area contributed by atoms with Crippen LogP contribution in [0.1, 0.15) is 45.7 Å². The minimum absolute atomic E-state index is 0.0606. The topological polar surface area (TPSA) is 46.6 Å². The summed E-state index contributed by atoms with van der Waals surface area (Å²) in [6.07, 6.45) is -6.58. The number of rotatable bonds is 5. The standard InChI is InChI=1S/C19H25ClF3NO3S/c1-12-17(25)24(16(10-27-12)13-5-7-14(20)8-6-13)15(9-19(21,22)23)11-28(26)18(2,3)4/h5-8,12,15-16H,9-11H2,1-4H3. The van der Waals surface area contributed by atoms with E-state index in [-0.39, 0.29) is 12.4 Å². The molecule has 1 fully saturated rings. The number of carbonyl (C=O) groups is 1. The molecule has 1 aliphatic rings. The van der Waals surface area contributed by atoms with E-state index in [1.54, 1.807) is 45.0 Å². The second-order valence-electron chi connectivity index (χ2n) is 7.89. The van der Waals surface area contributed by atoms with E-state index in [0.29, 0.717) is 10.6 Å². The number of alkyl halides is 3. The van der Waals surface area contributed by atoms with Crippen molar-refractivity contribution in [2.75, 3.05) is 12.4 Å². The zero-order valence-electron chi connectivity index (χ0n) is 16.3. The lowest BCUT2D eigenvalue weighted by molar-refractivity contribution is -0.174. The zero-order chi connectivity index (χ0) is 21.3.